The molecule has 0 aliphatic rings. The number of nitrogens with two attached hydrogens (primary N) is 1. The zero-order valence-electron chi connectivity index (χ0n) is 8.73. The molecule has 1 rings (SSSR count). The van der Waals surface area contributed by atoms with Crippen molar-refractivity contribution in [1.82, 2.24) is 9.55 Å². The molecule has 0 fully saturated rings. The molecule has 0 aliphatic carbocycles. The monoisotopic (exact) mass is 195 g/mol. The van der Waals surface area contributed by atoms with Crippen molar-refractivity contribution >= 4 is 5.78 Å². The SMILES string of the molecule is CCC(CN)C(=O)c1nccn1CC. The van der Waals surface area contributed by atoms with Gasteiger partial charge in [0.2, 0.25) is 5.78 Å². The number of hydrogen-bond donors (Lipinski definition) is 1. The zero-order chi connectivity index (χ0) is 10.6. The first-order valence-electron chi connectivity index (χ1n) is 4.99. The highest BCUT2D eigenvalue weighted by Crippen LogP contribution is 2.09. The van der Waals surface area contributed by atoms with Crippen molar-refractivity contribution in [3.8, 4) is 0 Å². The molecular formula is C10H17N3O. The average Bonchev–Trinajstić information content (AvgIpc) is 2.67. The highest BCUT2D eigenvalue weighted by atomic mass is 16.1. The lowest BCUT2D eigenvalue weighted by atomic mass is 10.0. The van der Waals surface area contributed by atoms with Crippen molar-refractivity contribution in [2.75, 3.05) is 6.54 Å². The van der Waals surface area contributed by atoms with Gasteiger partial charge in [0, 0.05) is 31.4 Å². The third kappa shape index (κ3) is 2.01. The molecule has 78 valence electrons. The largest absolute Gasteiger partial charge is 0.330 e. The third-order valence-electron chi connectivity index (χ3n) is 2.42. The van der Waals surface area contributed by atoms with Gasteiger partial charge in [-0.05, 0) is 13.3 Å². The number of carbonyl (C=O) groups excluding carboxylic acids is 1. The second kappa shape index (κ2) is 4.91. The molecule has 4 nitrogen and oxygen atoms in total. The Kier molecular flexibility index (Phi) is 3.83. The number of aromatic nitrogens is 2. The number of Topliss-reactive ketones (excluding diaryl/α,β-unsaturated/α-hetero) is 1. The lowest BCUT2D eigenvalue weighted by molar-refractivity contribution is 0.0906. The van der Waals surface area contributed by atoms with Gasteiger partial charge >= 0.3 is 0 Å². The molecular weight excluding hydrogens is 178 g/mol. The Bertz CT molecular complexity index is 302. The molecule has 0 aromatic carbocycles. The van der Waals surface area contributed by atoms with E-state index in [1.807, 2.05) is 24.6 Å². The van der Waals surface area contributed by atoms with Gasteiger partial charge in [-0.3, -0.25) is 4.79 Å². The van der Waals surface area contributed by atoms with Crippen molar-refractivity contribution in [2.24, 2.45) is 11.7 Å². The number of aryl methyl sites for hydroxylation is 1. The second-order valence-corrected chi connectivity index (χ2v) is 3.24. The molecule has 14 heavy (non-hydrogen) atoms. The molecule has 4 heteroatoms. The van der Waals surface area contributed by atoms with E-state index in [1.54, 1.807) is 6.20 Å². The summed E-state index contributed by atoms with van der Waals surface area (Å²) >= 11 is 0. The number of carbonyl (C=O) groups is 1. The van der Waals surface area contributed by atoms with Gasteiger partial charge in [0.15, 0.2) is 5.82 Å². The number of nitrogens with zero attached hydrogens (tertiary/aromatic N) is 2. The van der Waals surface area contributed by atoms with Gasteiger partial charge in [-0.2, -0.15) is 0 Å². The Balaban J connectivity index is 2.87. The summed E-state index contributed by atoms with van der Waals surface area (Å²) in [5, 5.41) is 0. The van der Waals surface area contributed by atoms with Crippen molar-refractivity contribution in [3.05, 3.63) is 18.2 Å². The van der Waals surface area contributed by atoms with Crippen molar-refractivity contribution < 1.29 is 4.79 Å². The quantitative estimate of drug-likeness (QED) is 0.715. The standard InChI is InChI=1S/C10H17N3O/c1-3-8(7-11)9(14)10-12-5-6-13(10)4-2/h5-6,8H,3-4,7,11H2,1-2H3. The molecule has 0 saturated heterocycles. The van der Waals surface area contributed by atoms with Gasteiger partial charge in [0.05, 0.1) is 0 Å². The summed E-state index contributed by atoms with van der Waals surface area (Å²) in [6, 6.07) is 0. The summed E-state index contributed by atoms with van der Waals surface area (Å²) in [6.45, 7) is 5.12. The Hall–Kier alpha value is -1.16. The van der Waals surface area contributed by atoms with Crippen molar-refractivity contribution in [1.29, 1.82) is 0 Å². The molecule has 0 bridgehead atoms. The Labute approximate surface area is 84.1 Å². The van der Waals surface area contributed by atoms with E-state index in [-0.39, 0.29) is 11.7 Å². The molecule has 2 N–H and O–H groups in total. The molecule has 0 spiro atoms. The van der Waals surface area contributed by atoms with E-state index >= 15 is 0 Å². The maximum Gasteiger partial charge on any atom is 0.202 e. The first-order valence-corrected chi connectivity index (χ1v) is 4.99. The van der Waals surface area contributed by atoms with Crippen LogP contribution in [0.1, 0.15) is 30.9 Å². The predicted octanol–water partition coefficient (Wildman–Crippen LogP) is 1.07. The van der Waals surface area contributed by atoms with Gasteiger partial charge in [-0.15, -0.1) is 0 Å². The Morgan fingerprint density at radius 3 is 2.86 bits per heavy atom. The van der Waals surface area contributed by atoms with Crippen molar-refractivity contribution in [2.45, 2.75) is 26.8 Å². The molecule has 0 radical (unpaired) electrons. The Morgan fingerprint density at radius 1 is 1.64 bits per heavy atom. The minimum atomic E-state index is -0.0947. The van der Waals surface area contributed by atoms with Crippen LogP contribution in [0.3, 0.4) is 0 Å². The summed E-state index contributed by atoms with van der Waals surface area (Å²) in [5.74, 6) is 0.495. The summed E-state index contributed by atoms with van der Waals surface area (Å²) in [4.78, 5) is 15.9. The first kappa shape index (κ1) is 10.9. The summed E-state index contributed by atoms with van der Waals surface area (Å²) in [5.41, 5.74) is 5.52. The van der Waals surface area contributed by atoms with Crippen LogP contribution in [0.2, 0.25) is 0 Å². The van der Waals surface area contributed by atoms with E-state index in [1.165, 1.54) is 0 Å². The highest BCUT2D eigenvalue weighted by Gasteiger charge is 2.20. The minimum Gasteiger partial charge on any atom is -0.330 e. The van der Waals surface area contributed by atoms with Crippen LogP contribution >= 0.6 is 0 Å². The van der Waals surface area contributed by atoms with Crippen molar-refractivity contribution in [3.63, 3.8) is 0 Å². The third-order valence-corrected chi connectivity index (χ3v) is 2.42. The number of imidazole rings is 1. The molecule has 0 amide bonds. The summed E-state index contributed by atoms with van der Waals surface area (Å²) in [7, 11) is 0. The van der Waals surface area contributed by atoms with E-state index in [0.717, 1.165) is 13.0 Å². The molecule has 1 heterocycles. The molecule has 1 aromatic rings. The van der Waals surface area contributed by atoms with Gasteiger partial charge in [0.1, 0.15) is 0 Å². The van der Waals surface area contributed by atoms with Crippen LogP contribution < -0.4 is 5.73 Å². The van der Waals surface area contributed by atoms with Crippen LogP contribution in [0, 0.1) is 5.92 Å². The van der Waals surface area contributed by atoms with Crippen LogP contribution in [-0.2, 0) is 6.54 Å². The molecule has 1 aromatic heterocycles. The van der Waals surface area contributed by atoms with Crippen LogP contribution in [0.4, 0.5) is 0 Å². The van der Waals surface area contributed by atoms with E-state index in [4.69, 9.17) is 5.73 Å². The highest BCUT2D eigenvalue weighted by molar-refractivity contribution is 5.94. The number of hydrogen-bond acceptors (Lipinski definition) is 3. The number of ketones is 1. The second-order valence-electron chi connectivity index (χ2n) is 3.24. The van der Waals surface area contributed by atoms with Crippen LogP contribution in [-0.4, -0.2) is 21.9 Å². The average molecular weight is 195 g/mol. The molecule has 1 unspecified atom stereocenters. The fraction of sp³-hybridized carbons (Fsp3) is 0.600. The first-order chi connectivity index (χ1) is 6.74. The van der Waals surface area contributed by atoms with Crippen LogP contribution in [0.15, 0.2) is 12.4 Å². The van der Waals surface area contributed by atoms with Crippen LogP contribution in [0.25, 0.3) is 0 Å². The van der Waals surface area contributed by atoms with Gasteiger partial charge in [0.25, 0.3) is 0 Å². The van der Waals surface area contributed by atoms with Gasteiger partial charge in [-0.25, -0.2) is 4.98 Å². The lowest BCUT2D eigenvalue weighted by Gasteiger charge is -2.11. The molecule has 0 saturated carbocycles. The maximum atomic E-state index is 11.9. The lowest BCUT2D eigenvalue weighted by Crippen LogP contribution is -2.25. The van der Waals surface area contributed by atoms with Gasteiger partial charge in [-0.1, -0.05) is 6.92 Å². The summed E-state index contributed by atoms with van der Waals surface area (Å²) < 4.78 is 1.85. The fourth-order valence-electron chi connectivity index (χ4n) is 1.43. The predicted molar refractivity (Wildman–Crippen MR) is 55.1 cm³/mol. The number of rotatable bonds is 5. The van der Waals surface area contributed by atoms with E-state index in [2.05, 4.69) is 4.98 Å². The van der Waals surface area contributed by atoms with E-state index < -0.39 is 0 Å². The Morgan fingerprint density at radius 2 is 2.36 bits per heavy atom. The summed E-state index contributed by atoms with van der Waals surface area (Å²) in [6.07, 6.45) is 4.24. The minimum absolute atomic E-state index is 0.0573. The fourth-order valence-corrected chi connectivity index (χ4v) is 1.43. The molecule has 1 atom stereocenters. The smallest absolute Gasteiger partial charge is 0.202 e. The van der Waals surface area contributed by atoms with E-state index in [9.17, 15) is 4.79 Å². The normalized spacial score (nSPS) is 12.8. The van der Waals surface area contributed by atoms with E-state index in [0.29, 0.717) is 12.4 Å². The maximum absolute atomic E-state index is 11.9. The van der Waals surface area contributed by atoms with Gasteiger partial charge < -0.3 is 10.3 Å². The van der Waals surface area contributed by atoms with Crippen LogP contribution in [0.5, 0.6) is 0 Å². The topological polar surface area (TPSA) is 60.9 Å². The molecule has 0 aliphatic heterocycles. The zero-order valence-corrected chi connectivity index (χ0v) is 8.73.